The molecule has 0 saturated carbocycles. The molecule has 0 aliphatic carbocycles. The van der Waals surface area contributed by atoms with E-state index in [9.17, 15) is 9.18 Å². The van der Waals surface area contributed by atoms with Crippen molar-refractivity contribution >= 4 is 17.5 Å². The lowest BCUT2D eigenvalue weighted by Gasteiger charge is -1.97. The topological polar surface area (TPSA) is 52.1 Å². The van der Waals surface area contributed by atoms with Gasteiger partial charge in [-0.15, -0.1) is 5.10 Å². The molecule has 6 heteroatoms. The van der Waals surface area contributed by atoms with Crippen LogP contribution in [-0.4, -0.2) is 22.2 Å². The summed E-state index contributed by atoms with van der Waals surface area (Å²) in [6.07, 6.45) is 0. The average Bonchev–Trinajstić information content (AvgIpc) is 2.51. The van der Waals surface area contributed by atoms with Gasteiger partial charge in [-0.25, -0.2) is 9.18 Å². The molecule has 1 heterocycles. The zero-order valence-electron chi connectivity index (χ0n) is 6.41. The van der Waals surface area contributed by atoms with Crippen molar-refractivity contribution in [3.05, 3.63) is 10.6 Å². The molecule has 66 valence electrons. The van der Waals surface area contributed by atoms with Crippen LogP contribution in [-0.2, 0) is 11.4 Å². The SMILES string of the molecule is CCOC(=O)c1snnc1CF. The summed E-state index contributed by atoms with van der Waals surface area (Å²) in [5, 5.41) is 3.43. The van der Waals surface area contributed by atoms with E-state index in [0.29, 0.717) is 0 Å². The number of alkyl halides is 1. The van der Waals surface area contributed by atoms with Crippen LogP contribution >= 0.6 is 11.5 Å². The summed E-state index contributed by atoms with van der Waals surface area (Å²) in [6, 6.07) is 0. The summed E-state index contributed by atoms with van der Waals surface area (Å²) < 4.78 is 20.2. The van der Waals surface area contributed by atoms with Gasteiger partial charge in [0.15, 0.2) is 4.88 Å². The lowest BCUT2D eigenvalue weighted by molar-refractivity contribution is 0.0529. The molecule has 0 fully saturated rings. The minimum absolute atomic E-state index is 0.0541. The summed E-state index contributed by atoms with van der Waals surface area (Å²) >= 11 is 0.847. The molecule has 0 atom stereocenters. The first-order valence-electron chi connectivity index (χ1n) is 3.34. The van der Waals surface area contributed by atoms with Gasteiger partial charge in [-0.1, -0.05) is 4.49 Å². The third kappa shape index (κ3) is 1.76. The van der Waals surface area contributed by atoms with Crippen LogP contribution in [0.5, 0.6) is 0 Å². The second kappa shape index (κ2) is 4.10. The normalized spacial score (nSPS) is 9.83. The third-order valence-corrected chi connectivity index (χ3v) is 1.89. The van der Waals surface area contributed by atoms with Crippen molar-refractivity contribution in [2.75, 3.05) is 6.61 Å². The molecule has 4 nitrogen and oxygen atoms in total. The first-order chi connectivity index (χ1) is 5.79. The number of ether oxygens (including phenoxy) is 1. The average molecular weight is 190 g/mol. The Hall–Kier alpha value is -1.04. The highest BCUT2D eigenvalue weighted by molar-refractivity contribution is 7.07. The number of hydrogen-bond donors (Lipinski definition) is 0. The summed E-state index contributed by atoms with van der Waals surface area (Å²) in [6.45, 7) is 1.16. The van der Waals surface area contributed by atoms with E-state index in [1.165, 1.54) is 0 Å². The van der Waals surface area contributed by atoms with Gasteiger partial charge in [0.05, 0.1) is 6.61 Å². The fourth-order valence-electron chi connectivity index (χ4n) is 0.648. The molecule has 0 amide bonds. The molecular weight excluding hydrogens is 183 g/mol. The number of nitrogens with zero attached hydrogens (tertiary/aromatic N) is 2. The standard InChI is InChI=1S/C6H7FN2O2S/c1-2-11-6(10)5-4(3-7)8-9-12-5/h2-3H2,1H3. The van der Waals surface area contributed by atoms with Gasteiger partial charge < -0.3 is 4.74 Å². The third-order valence-electron chi connectivity index (χ3n) is 1.14. The van der Waals surface area contributed by atoms with E-state index in [-0.39, 0.29) is 17.2 Å². The second-order valence-electron chi connectivity index (χ2n) is 1.90. The number of hydrogen-bond acceptors (Lipinski definition) is 5. The van der Waals surface area contributed by atoms with E-state index in [0.717, 1.165) is 11.5 Å². The predicted octanol–water partition coefficient (Wildman–Crippen LogP) is 1.18. The Labute approximate surface area is 72.5 Å². The van der Waals surface area contributed by atoms with Crippen LogP contribution in [0, 0.1) is 0 Å². The van der Waals surface area contributed by atoms with Gasteiger partial charge in [-0.2, -0.15) is 0 Å². The van der Waals surface area contributed by atoms with Crippen molar-refractivity contribution in [2.45, 2.75) is 13.6 Å². The summed E-state index contributed by atoms with van der Waals surface area (Å²) in [5.41, 5.74) is 0.0541. The molecule has 12 heavy (non-hydrogen) atoms. The van der Waals surface area contributed by atoms with Crippen molar-refractivity contribution in [2.24, 2.45) is 0 Å². The monoisotopic (exact) mass is 190 g/mol. The number of carbonyl (C=O) groups excluding carboxylic acids is 1. The first kappa shape index (κ1) is 9.05. The first-order valence-corrected chi connectivity index (χ1v) is 4.11. The van der Waals surface area contributed by atoms with Crippen LogP contribution in [0.2, 0.25) is 0 Å². The van der Waals surface area contributed by atoms with Crippen molar-refractivity contribution in [3.8, 4) is 0 Å². The molecule has 1 aromatic rings. The molecule has 1 rings (SSSR count). The molecule has 0 N–H and O–H groups in total. The minimum atomic E-state index is -0.787. The Morgan fingerprint density at radius 3 is 3.08 bits per heavy atom. The Bertz CT molecular complexity index is 276. The van der Waals surface area contributed by atoms with Gasteiger partial charge in [-0.3, -0.25) is 0 Å². The highest BCUT2D eigenvalue weighted by atomic mass is 32.1. The van der Waals surface area contributed by atoms with Crippen molar-refractivity contribution < 1.29 is 13.9 Å². The maximum absolute atomic E-state index is 12.1. The highest BCUT2D eigenvalue weighted by Crippen LogP contribution is 2.12. The van der Waals surface area contributed by atoms with Gasteiger partial charge in [0.1, 0.15) is 12.4 Å². The molecule has 0 saturated heterocycles. The molecule has 0 radical (unpaired) electrons. The van der Waals surface area contributed by atoms with Crippen LogP contribution in [0.15, 0.2) is 0 Å². The summed E-state index contributed by atoms with van der Waals surface area (Å²) in [7, 11) is 0. The zero-order chi connectivity index (χ0) is 8.97. The van der Waals surface area contributed by atoms with E-state index in [1.54, 1.807) is 6.92 Å². The van der Waals surface area contributed by atoms with E-state index in [1.807, 2.05) is 0 Å². The Morgan fingerprint density at radius 2 is 2.50 bits per heavy atom. The van der Waals surface area contributed by atoms with Gasteiger partial charge >= 0.3 is 5.97 Å². The molecule has 0 aromatic carbocycles. The molecule has 0 aliphatic heterocycles. The van der Waals surface area contributed by atoms with Gasteiger partial charge in [-0.05, 0) is 18.5 Å². The number of carbonyl (C=O) groups is 1. The smallest absolute Gasteiger partial charge is 0.352 e. The van der Waals surface area contributed by atoms with E-state index in [4.69, 9.17) is 0 Å². The lowest BCUT2D eigenvalue weighted by Crippen LogP contribution is -2.04. The number of rotatable bonds is 3. The number of esters is 1. The Kier molecular flexibility index (Phi) is 3.09. The zero-order valence-corrected chi connectivity index (χ0v) is 7.23. The van der Waals surface area contributed by atoms with E-state index >= 15 is 0 Å². The van der Waals surface area contributed by atoms with E-state index in [2.05, 4.69) is 14.3 Å². The molecule has 0 spiro atoms. The number of halogens is 1. The quantitative estimate of drug-likeness (QED) is 0.671. The van der Waals surface area contributed by atoms with Gasteiger partial charge in [0.25, 0.3) is 0 Å². The van der Waals surface area contributed by atoms with Gasteiger partial charge in [0.2, 0.25) is 0 Å². The fraction of sp³-hybridized carbons (Fsp3) is 0.500. The van der Waals surface area contributed by atoms with Crippen LogP contribution in [0.25, 0.3) is 0 Å². The maximum Gasteiger partial charge on any atom is 0.352 e. The van der Waals surface area contributed by atoms with Crippen molar-refractivity contribution in [3.63, 3.8) is 0 Å². The van der Waals surface area contributed by atoms with Crippen LogP contribution in [0.4, 0.5) is 4.39 Å². The van der Waals surface area contributed by atoms with Crippen LogP contribution in [0.3, 0.4) is 0 Å². The second-order valence-corrected chi connectivity index (χ2v) is 2.66. The van der Waals surface area contributed by atoms with Crippen LogP contribution in [0.1, 0.15) is 22.3 Å². The Morgan fingerprint density at radius 1 is 1.75 bits per heavy atom. The summed E-state index contributed by atoms with van der Waals surface area (Å²) in [4.78, 5) is 11.2. The Balaban J connectivity index is 2.79. The van der Waals surface area contributed by atoms with Crippen molar-refractivity contribution in [1.82, 2.24) is 9.59 Å². The van der Waals surface area contributed by atoms with Crippen molar-refractivity contribution in [1.29, 1.82) is 0 Å². The lowest BCUT2D eigenvalue weighted by atomic mass is 10.4. The fourth-order valence-corrected chi connectivity index (χ4v) is 1.20. The van der Waals surface area contributed by atoms with Crippen LogP contribution < -0.4 is 0 Å². The molecule has 1 aromatic heterocycles. The maximum atomic E-state index is 12.1. The molecule has 0 bridgehead atoms. The number of aromatic nitrogens is 2. The highest BCUT2D eigenvalue weighted by Gasteiger charge is 2.16. The summed E-state index contributed by atoms with van der Waals surface area (Å²) in [5.74, 6) is -0.555. The van der Waals surface area contributed by atoms with E-state index < -0.39 is 12.6 Å². The molecule has 0 unspecified atom stereocenters. The minimum Gasteiger partial charge on any atom is -0.462 e. The van der Waals surface area contributed by atoms with Gasteiger partial charge in [0, 0.05) is 0 Å². The molecule has 0 aliphatic rings. The largest absolute Gasteiger partial charge is 0.462 e. The predicted molar refractivity (Wildman–Crippen MR) is 40.7 cm³/mol. The molecular formula is C6H7FN2O2S.